The molecule has 0 saturated heterocycles. The van der Waals surface area contributed by atoms with Crippen LogP contribution in [0.3, 0.4) is 0 Å². The second-order valence-electron chi connectivity index (χ2n) is 0. The van der Waals surface area contributed by atoms with Crippen molar-refractivity contribution < 1.29 is 60.2 Å². The Morgan fingerprint density at radius 2 is 1.00 bits per heavy atom. The molecule has 0 N–H and O–H groups in total. The van der Waals surface area contributed by atoms with Crippen LogP contribution in [0.25, 0.3) is 0 Å². The predicted octanol–water partition coefficient (Wildman–Crippen LogP) is 0.720. The van der Waals surface area contributed by atoms with Crippen LogP contribution in [-0.2, 0) is 60.2 Å². The zero-order chi connectivity index (χ0) is 2.00. The zero-order valence-electron chi connectivity index (χ0n) is 2.30. The standard InChI is InChI=1S/2ClH.O.Y.Zr/h2*1H;;;. The Labute approximate surface area is 83.6 Å². The summed E-state index contributed by atoms with van der Waals surface area (Å²) in [5, 5.41) is 0. The Morgan fingerprint density at radius 1 is 1.00 bits per heavy atom. The topological polar surface area (TPSA) is 17.1 Å². The van der Waals surface area contributed by atoms with Gasteiger partial charge >= 0.3 is 27.5 Å². The van der Waals surface area contributed by atoms with Crippen LogP contribution < -0.4 is 0 Å². The van der Waals surface area contributed by atoms with E-state index in [2.05, 4.69) is 0 Å². The monoisotopic (exact) mass is 267 g/mol. The van der Waals surface area contributed by atoms with Crippen LogP contribution >= 0.6 is 24.8 Å². The van der Waals surface area contributed by atoms with Crippen molar-refractivity contribution in [3.05, 3.63) is 0 Å². The van der Waals surface area contributed by atoms with Gasteiger partial charge in [-0.1, -0.05) is 0 Å². The number of rotatable bonds is 0. The van der Waals surface area contributed by atoms with E-state index in [4.69, 9.17) is 2.81 Å². The third kappa shape index (κ3) is 21.7. The van der Waals surface area contributed by atoms with Gasteiger partial charge in [0, 0.05) is 32.7 Å². The number of hydrogen-bond donors (Lipinski definition) is 0. The van der Waals surface area contributed by atoms with Gasteiger partial charge in [0.15, 0.2) is 0 Å². The van der Waals surface area contributed by atoms with Crippen molar-refractivity contribution in [3.63, 3.8) is 0 Å². The van der Waals surface area contributed by atoms with Gasteiger partial charge in [-0.3, -0.25) is 0 Å². The molecule has 5 heteroatoms. The first kappa shape index (κ1) is 26.3. The summed E-state index contributed by atoms with van der Waals surface area (Å²) in [7, 11) is 0. The van der Waals surface area contributed by atoms with Crippen LogP contribution in [0.1, 0.15) is 0 Å². The molecular weight excluding hydrogens is 267 g/mol. The third-order valence-electron chi connectivity index (χ3n) is 0. The second kappa shape index (κ2) is 32.7. The number of halogens is 2. The van der Waals surface area contributed by atoms with E-state index in [9.17, 15) is 0 Å². The fourth-order valence-electron chi connectivity index (χ4n) is 0. The Kier molecular flexibility index (Phi) is 172. The molecule has 1 radical (unpaired) electrons. The molecule has 0 atom stereocenters. The predicted molar refractivity (Wildman–Crippen MR) is 15.2 cm³/mol. The molecule has 1 nitrogen and oxygen atoms in total. The van der Waals surface area contributed by atoms with Crippen molar-refractivity contribution in [3.8, 4) is 0 Å². The van der Waals surface area contributed by atoms with Crippen molar-refractivity contribution in [1.82, 2.24) is 0 Å². The molecule has 29 valence electrons. The van der Waals surface area contributed by atoms with E-state index in [-0.39, 0.29) is 57.5 Å². The van der Waals surface area contributed by atoms with Crippen LogP contribution in [0.4, 0.5) is 0 Å². The van der Waals surface area contributed by atoms with Crippen LogP contribution in [-0.4, -0.2) is 0 Å². The van der Waals surface area contributed by atoms with Gasteiger partial charge in [-0.05, 0) is 0 Å². The SMILES string of the molecule is Cl.Cl.[O]=[Zr].[Y]. The Bertz CT molecular complexity index is 9.61. The van der Waals surface area contributed by atoms with Gasteiger partial charge < -0.3 is 0 Å². The fourth-order valence-corrected chi connectivity index (χ4v) is 0. The molecular formula is H2Cl2OYZr. The van der Waals surface area contributed by atoms with Gasteiger partial charge in [-0.2, -0.15) is 0 Å². The molecule has 0 rings (SSSR count). The fraction of sp³-hybridized carbons (Fsp3) is 0. The molecule has 0 spiro atoms. The minimum atomic E-state index is 0. The summed E-state index contributed by atoms with van der Waals surface area (Å²) in [6.45, 7) is 0. The second-order valence-corrected chi connectivity index (χ2v) is 0. The maximum atomic E-state index is 8.34. The van der Waals surface area contributed by atoms with Crippen LogP contribution in [0.5, 0.6) is 0 Å². The minimum Gasteiger partial charge on any atom is 0 e. The summed E-state index contributed by atoms with van der Waals surface area (Å²) < 4.78 is 8.34. The summed E-state index contributed by atoms with van der Waals surface area (Å²) >= 11 is 0.300. The van der Waals surface area contributed by atoms with E-state index in [1.165, 1.54) is 0 Å². The van der Waals surface area contributed by atoms with Gasteiger partial charge in [-0.25, -0.2) is 0 Å². The maximum Gasteiger partial charge on any atom is 0 e. The summed E-state index contributed by atoms with van der Waals surface area (Å²) in [6.07, 6.45) is 0. The molecule has 0 aromatic rings. The summed E-state index contributed by atoms with van der Waals surface area (Å²) in [5.41, 5.74) is 0. The van der Waals surface area contributed by atoms with Crippen molar-refractivity contribution in [2.24, 2.45) is 0 Å². The molecule has 0 amide bonds. The normalized spacial score (nSPS) is 0.600. The Balaban J connectivity index is -0.00000000167. The smallest absolute Gasteiger partial charge is 0 e. The average molecular weight is 269 g/mol. The summed E-state index contributed by atoms with van der Waals surface area (Å²) in [5.74, 6) is 0. The first-order chi connectivity index (χ1) is 1.00. The summed E-state index contributed by atoms with van der Waals surface area (Å²) in [4.78, 5) is 0. The van der Waals surface area contributed by atoms with Crippen LogP contribution in [0.2, 0.25) is 0 Å². The van der Waals surface area contributed by atoms with Crippen molar-refractivity contribution in [2.75, 3.05) is 0 Å². The van der Waals surface area contributed by atoms with Gasteiger partial charge in [0.2, 0.25) is 0 Å². The van der Waals surface area contributed by atoms with E-state index in [1.807, 2.05) is 0 Å². The van der Waals surface area contributed by atoms with E-state index in [1.54, 1.807) is 0 Å². The molecule has 0 aromatic carbocycles. The molecule has 5 heavy (non-hydrogen) atoms. The molecule has 0 saturated carbocycles. The average Bonchev–Trinajstić information content (AvgIpc) is 1.00. The van der Waals surface area contributed by atoms with Crippen molar-refractivity contribution in [1.29, 1.82) is 0 Å². The van der Waals surface area contributed by atoms with Gasteiger partial charge in [0.1, 0.15) is 0 Å². The molecule has 0 bridgehead atoms. The molecule has 0 heterocycles. The Morgan fingerprint density at radius 3 is 1.00 bits per heavy atom. The molecule has 0 aromatic heterocycles. The quantitative estimate of drug-likeness (QED) is 0.633. The minimum absolute atomic E-state index is 0. The van der Waals surface area contributed by atoms with E-state index in [0.29, 0.717) is 24.7 Å². The van der Waals surface area contributed by atoms with E-state index < -0.39 is 0 Å². The van der Waals surface area contributed by atoms with Crippen molar-refractivity contribution >= 4 is 24.8 Å². The molecule has 0 aliphatic carbocycles. The largest absolute Gasteiger partial charge is 0 e. The maximum absolute atomic E-state index is 8.34. The van der Waals surface area contributed by atoms with Crippen LogP contribution in [0, 0.1) is 0 Å². The first-order valence-electron chi connectivity index (χ1n) is 0.204. The van der Waals surface area contributed by atoms with E-state index >= 15 is 0 Å². The van der Waals surface area contributed by atoms with Crippen LogP contribution in [0.15, 0.2) is 0 Å². The molecule has 0 aliphatic heterocycles. The first-order valence-corrected chi connectivity index (χ1v) is 1.21. The number of hydrogen-bond acceptors (Lipinski definition) is 1. The molecule has 0 fully saturated rings. The zero-order valence-corrected chi connectivity index (χ0v) is 9.23. The molecule has 0 unspecified atom stereocenters. The Hall–Kier alpha value is 2.37. The summed E-state index contributed by atoms with van der Waals surface area (Å²) in [6, 6.07) is 0. The third-order valence-corrected chi connectivity index (χ3v) is 0. The van der Waals surface area contributed by atoms with Gasteiger partial charge in [0.25, 0.3) is 0 Å². The molecule has 0 aliphatic rings. The van der Waals surface area contributed by atoms with Gasteiger partial charge in [0.05, 0.1) is 0 Å². The van der Waals surface area contributed by atoms with Gasteiger partial charge in [-0.15, -0.1) is 24.8 Å². The van der Waals surface area contributed by atoms with E-state index in [0.717, 1.165) is 0 Å². The van der Waals surface area contributed by atoms with Crippen molar-refractivity contribution in [2.45, 2.75) is 0 Å².